The van der Waals surface area contributed by atoms with Crippen LogP contribution in [0.2, 0.25) is 0 Å². The van der Waals surface area contributed by atoms with Crippen molar-refractivity contribution in [1.29, 1.82) is 0 Å². The molecule has 1 aromatic heterocycles. The van der Waals surface area contributed by atoms with Crippen molar-refractivity contribution in [2.45, 2.75) is 32.2 Å². The van der Waals surface area contributed by atoms with E-state index in [9.17, 15) is 9.59 Å². The second-order valence-electron chi connectivity index (χ2n) is 7.38. The summed E-state index contributed by atoms with van der Waals surface area (Å²) in [4.78, 5) is 31.3. The fraction of sp³-hybridized carbons (Fsp3) is 0.304. The van der Waals surface area contributed by atoms with Crippen molar-refractivity contribution in [3.8, 4) is 17.1 Å². The van der Waals surface area contributed by atoms with Gasteiger partial charge < -0.3 is 9.64 Å². The van der Waals surface area contributed by atoms with E-state index in [0.29, 0.717) is 12.4 Å². The van der Waals surface area contributed by atoms with Crippen LogP contribution in [0.3, 0.4) is 0 Å². The Labute approximate surface area is 175 Å². The Hall–Kier alpha value is -3.48. The first-order chi connectivity index (χ1) is 14.6. The van der Waals surface area contributed by atoms with E-state index in [-0.39, 0.29) is 24.4 Å². The first-order valence-corrected chi connectivity index (χ1v) is 10.2. The van der Waals surface area contributed by atoms with Gasteiger partial charge in [0.2, 0.25) is 0 Å². The minimum atomic E-state index is -0.708. The molecule has 3 aromatic rings. The number of carbonyl (C=O) groups excluding carboxylic acids is 2. The summed E-state index contributed by atoms with van der Waals surface area (Å²) in [5, 5.41) is 4.37. The lowest BCUT2D eigenvalue weighted by Crippen LogP contribution is -2.44. The second-order valence-corrected chi connectivity index (χ2v) is 7.38. The maximum Gasteiger partial charge on any atom is 0.378 e. The van der Waals surface area contributed by atoms with E-state index >= 15 is 0 Å². The standard InChI is InChI=1S/C23H24N4O3/c1-17-10-8-9-15-26(17)20(28)16-30-23(29)21-24-22(18-11-4-2-5-12-18)27(25-21)19-13-6-3-7-14-19/h2-7,11-14,17H,8-10,15-16H2,1H3/t17-/m1/s1. The quantitative estimate of drug-likeness (QED) is 0.609. The van der Waals surface area contributed by atoms with Crippen molar-refractivity contribution in [3.05, 3.63) is 66.5 Å². The minimum absolute atomic E-state index is 0.0720. The lowest BCUT2D eigenvalue weighted by atomic mass is 10.0. The summed E-state index contributed by atoms with van der Waals surface area (Å²) >= 11 is 0. The molecule has 1 aliphatic rings. The number of aromatic nitrogens is 3. The zero-order valence-corrected chi connectivity index (χ0v) is 16.9. The largest absolute Gasteiger partial charge is 0.450 e. The van der Waals surface area contributed by atoms with Gasteiger partial charge >= 0.3 is 5.97 Å². The van der Waals surface area contributed by atoms with Crippen molar-refractivity contribution in [2.75, 3.05) is 13.2 Å². The van der Waals surface area contributed by atoms with E-state index in [1.807, 2.05) is 67.6 Å². The number of likely N-dealkylation sites (tertiary alicyclic amines) is 1. The molecule has 0 N–H and O–H groups in total. The van der Waals surface area contributed by atoms with Crippen LogP contribution in [0.1, 0.15) is 36.8 Å². The molecule has 154 valence electrons. The van der Waals surface area contributed by atoms with Crippen molar-refractivity contribution in [2.24, 2.45) is 0 Å². The molecule has 1 atom stereocenters. The number of para-hydroxylation sites is 1. The van der Waals surface area contributed by atoms with Gasteiger partial charge in [-0.25, -0.2) is 14.5 Å². The van der Waals surface area contributed by atoms with Gasteiger partial charge in [0.05, 0.1) is 5.69 Å². The molecule has 0 unspecified atom stereocenters. The van der Waals surface area contributed by atoms with E-state index in [1.165, 1.54) is 0 Å². The summed E-state index contributed by atoms with van der Waals surface area (Å²) in [6, 6.07) is 19.1. The SMILES string of the molecule is C[C@@H]1CCCCN1C(=O)COC(=O)c1nc(-c2ccccc2)n(-c2ccccc2)n1. The van der Waals surface area contributed by atoms with Gasteiger partial charge in [-0.1, -0.05) is 48.5 Å². The predicted octanol–water partition coefficient (Wildman–Crippen LogP) is 3.49. The Balaban J connectivity index is 1.54. The monoisotopic (exact) mass is 404 g/mol. The van der Waals surface area contributed by atoms with Gasteiger partial charge in [0, 0.05) is 18.2 Å². The number of hydrogen-bond acceptors (Lipinski definition) is 5. The van der Waals surface area contributed by atoms with Crippen LogP contribution in [0, 0.1) is 0 Å². The zero-order valence-electron chi connectivity index (χ0n) is 16.9. The Bertz CT molecular complexity index is 960. The molecule has 7 heteroatoms. The molecule has 30 heavy (non-hydrogen) atoms. The smallest absolute Gasteiger partial charge is 0.378 e. The molecular weight excluding hydrogens is 380 g/mol. The average Bonchev–Trinajstić information content (AvgIpc) is 3.24. The van der Waals surface area contributed by atoms with Crippen LogP contribution >= 0.6 is 0 Å². The lowest BCUT2D eigenvalue weighted by Gasteiger charge is -2.33. The highest BCUT2D eigenvalue weighted by molar-refractivity contribution is 5.88. The molecule has 1 aliphatic heterocycles. The van der Waals surface area contributed by atoms with Crippen molar-refractivity contribution in [3.63, 3.8) is 0 Å². The molecule has 0 radical (unpaired) electrons. The lowest BCUT2D eigenvalue weighted by molar-refractivity contribution is -0.137. The number of piperidine rings is 1. The van der Waals surface area contributed by atoms with Gasteiger partial charge in [-0.05, 0) is 38.3 Å². The fourth-order valence-corrected chi connectivity index (χ4v) is 3.67. The number of benzene rings is 2. The fourth-order valence-electron chi connectivity index (χ4n) is 3.67. The molecule has 0 bridgehead atoms. The number of hydrogen-bond donors (Lipinski definition) is 0. The molecule has 0 spiro atoms. The van der Waals surface area contributed by atoms with Crippen LogP contribution in [0.15, 0.2) is 60.7 Å². The van der Waals surface area contributed by atoms with E-state index < -0.39 is 5.97 Å². The van der Waals surface area contributed by atoms with E-state index in [2.05, 4.69) is 10.1 Å². The predicted molar refractivity (Wildman–Crippen MR) is 112 cm³/mol. The van der Waals surface area contributed by atoms with Gasteiger partial charge in [-0.2, -0.15) is 0 Å². The Morgan fingerprint density at radius 1 is 1.03 bits per heavy atom. The van der Waals surface area contributed by atoms with Crippen LogP contribution in [-0.4, -0.2) is 50.7 Å². The van der Waals surface area contributed by atoms with Crippen molar-refractivity contribution in [1.82, 2.24) is 19.7 Å². The third-order valence-corrected chi connectivity index (χ3v) is 5.27. The first-order valence-electron chi connectivity index (χ1n) is 10.2. The summed E-state index contributed by atoms with van der Waals surface area (Å²) in [6.07, 6.45) is 3.07. The van der Waals surface area contributed by atoms with Gasteiger partial charge in [0.1, 0.15) is 0 Å². The number of carbonyl (C=O) groups is 2. The van der Waals surface area contributed by atoms with Crippen LogP contribution in [0.5, 0.6) is 0 Å². The third-order valence-electron chi connectivity index (χ3n) is 5.27. The normalized spacial score (nSPS) is 16.3. The van der Waals surface area contributed by atoms with Crippen molar-refractivity contribution >= 4 is 11.9 Å². The molecule has 0 saturated carbocycles. The molecule has 7 nitrogen and oxygen atoms in total. The molecular formula is C23H24N4O3. The Morgan fingerprint density at radius 3 is 2.43 bits per heavy atom. The molecule has 4 rings (SSSR count). The molecule has 1 amide bonds. The van der Waals surface area contributed by atoms with Gasteiger partial charge in [0.25, 0.3) is 11.7 Å². The number of esters is 1. The van der Waals surface area contributed by atoms with Crippen LogP contribution < -0.4 is 0 Å². The number of amides is 1. The third kappa shape index (κ3) is 4.25. The highest BCUT2D eigenvalue weighted by atomic mass is 16.5. The molecule has 2 aromatic carbocycles. The number of ether oxygens (including phenoxy) is 1. The second kappa shape index (κ2) is 8.90. The summed E-state index contributed by atoms with van der Waals surface area (Å²) < 4.78 is 6.87. The summed E-state index contributed by atoms with van der Waals surface area (Å²) in [5.74, 6) is -0.428. The van der Waals surface area contributed by atoms with Gasteiger partial charge in [-0.15, -0.1) is 5.10 Å². The van der Waals surface area contributed by atoms with Crippen LogP contribution in [0.4, 0.5) is 0 Å². The van der Waals surface area contributed by atoms with E-state index in [4.69, 9.17) is 4.74 Å². The van der Waals surface area contributed by atoms with E-state index in [1.54, 1.807) is 9.58 Å². The summed E-state index contributed by atoms with van der Waals surface area (Å²) in [6.45, 7) is 2.43. The first kappa shape index (κ1) is 19.8. The van der Waals surface area contributed by atoms with Crippen molar-refractivity contribution < 1.29 is 14.3 Å². The maximum absolute atomic E-state index is 12.6. The highest BCUT2D eigenvalue weighted by Gasteiger charge is 2.25. The number of nitrogens with zero attached hydrogens (tertiary/aromatic N) is 4. The molecule has 0 aliphatic carbocycles. The summed E-state index contributed by atoms with van der Waals surface area (Å²) in [5.41, 5.74) is 1.60. The number of rotatable bonds is 5. The highest BCUT2D eigenvalue weighted by Crippen LogP contribution is 2.21. The van der Waals surface area contributed by atoms with Crippen LogP contribution in [-0.2, 0) is 9.53 Å². The Kier molecular flexibility index (Phi) is 5.88. The van der Waals surface area contributed by atoms with Gasteiger partial charge in [0.15, 0.2) is 12.4 Å². The zero-order chi connectivity index (χ0) is 20.9. The van der Waals surface area contributed by atoms with Gasteiger partial charge in [-0.3, -0.25) is 4.79 Å². The maximum atomic E-state index is 12.6. The Morgan fingerprint density at radius 2 is 1.73 bits per heavy atom. The van der Waals surface area contributed by atoms with Crippen LogP contribution in [0.25, 0.3) is 17.1 Å². The molecule has 1 saturated heterocycles. The van der Waals surface area contributed by atoms with E-state index in [0.717, 1.165) is 30.5 Å². The summed E-state index contributed by atoms with van der Waals surface area (Å²) in [7, 11) is 0. The minimum Gasteiger partial charge on any atom is -0.450 e. The molecule has 1 fully saturated rings. The molecule has 2 heterocycles. The average molecular weight is 404 g/mol. The topological polar surface area (TPSA) is 77.3 Å².